The van der Waals surface area contributed by atoms with Crippen LogP contribution in [0.15, 0.2) is 6.20 Å². The number of hydrogen-bond acceptors (Lipinski definition) is 3. The third kappa shape index (κ3) is 1.89. The van der Waals surface area contributed by atoms with Crippen LogP contribution in [0.4, 0.5) is 0 Å². The lowest BCUT2D eigenvalue weighted by Gasteiger charge is -1.97. The van der Waals surface area contributed by atoms with Gasteiger partial charge in [0, 0.05) is 7.05 Å². The first kappa shape index (κ1) is 9.35. The quantitative estimate of drug-likeness (QED) is 0.558. The number of ether oxygens (including phenoxy) is 1. The minimum absolute atomic E-state index is 0.280. The van der Waals surface area contributed by atoms with Gasteiger partial charge < -0.3 is 4.74 Å². The van der Waals surface area contributed by atoms with Crippen LogP contribution in [-0.2, 0) is 11.8 Å². The van der Waals surface area contributed by atoms with Gasteiger partial charge in [0.05, 0.1) is 6.20 Å². The largest absolute Gasteiger partial charge is 0.425 e. The number of carbonyl (C=O) groups excluding carboxylic acids is 1. The van der Waals surface area contributed by atoms with Crippen molar-refractivity contribution in [3.63, 3.8) is 0 Å². The SMILES string of the molecule is Cn1cc(OC=O)c(C(Cl)Cl)n1. The van der Waals surface area contributed by atoms with E-state index in [1.54, 1.807) is 7.05 Å². The highest BCUT2D eigenvalue weighted by Gasteiger charge is 2.15. The zero-order valence-electron chi connectivity index (χ0n) is 6.20. The van der Waals surface area contributed by atoms with Crippen LogP contribution in [0.3, 0.4) is 0 Å². The van der Waals surface area contributed by atoms with Gasteiger partial charge in [0.2, 0.25) is 0 Å². The molecule has 1 heterocycles. The van der Waals surface area contributed by atoms with Crippen LogP contribution in [0.25, 0.3) is 0 Å². The van der Waals surface area contributed by atoms with Crippen molar-refractivity contribution >= 4 is 29.7 Å². The Balaban J connectivity index is 2.99. The van der Waals surface area contributed by atoms with Crippen molar-refractivity contribution in [3.8, 4) is 5.75 Å². The predicted molar refractivity (Wildman–Crippen MR) is 44.3 cm³/mol. The van der Waals surface area contributed by atoms with Crippen molar-refractivity contribution < 1.29 is 9.53 Å². The van der Waals surface area contributed by atoms with Crippen LogP contribution in [0, 0.1) is 0 Å². The van der Waals surface area contributed by atoms with Crippen molar-refractivity contribution in [2.24, 2.45) is 7.05 Å². The molecule has 0 fully saturated rings. The second-order valence-electron chi connectivity index (χ2n) is 2.07. The van der Waals surface area contributed by atoms with Gasteiger partial charge >= 0.3 is 0 Å². The summed E-state index contributed by atoms with van der Waals surface area (Å²) in [5.41, 5.74) is 0.341. The van der Waals surface area contributed by atoms with Gasteiger partial charge in [-0.15, -0.1) is 0 Å². The Morgan fingerprint density at radius 3 is 2.92 bits per heavy atom. The fraction of sp³-hybridized carbons (Fsp3) is 0.333. The molecule has 1 aromatic rings. The predicted octanol–water partition coefficient (Wildman–Crippen LogP) is 1.43. The van der Waals surface area contributed by atoms with Crippen LogP contribution in [-0.4, -0.2) is 16.3 Å². The Labute approximate surface area is 79.0 Å². The summed E-state index contributed by atoms with van der Waals surface area (Å²) in [5, 5.41) is 3.90. The number of nitrogens with zero attached hydrogens (tertiary/aromatic N) is 2. The average molecular weight is 209 g/mol. The molecule has 0 saturated carbocycles. The smallest absolute Gasteiger partial charge is 0.298 e. The number of aromatic nitrogens is 2. The van der Waals surface area contributed by atoms with Gasteiger partial charge in [-0.1, -0.05) is 23.2 Å². The molecule has 0 aliphatic heterocycles. The number of hydrogen-bond donors (Lipinski definition) is 0. The highest BCUT2D eigenvalue weighted by molar-refractivity contribution is 6.44. The molecule has 0 aliphatic rings. The number of carbonyl (C=O) groups is 1. The molecule has 0 radical (unpaired) electrons. The summed E-state index contributed by atoms with van der Waals surface area (Å²) in [5.74, 6) is 0.280. The minimum atomic E-state index is -0.791. The Morgan fingerprint density at radius 1 is 1.75 bits per heavy atom. The lowest BCUT2D eigenvalue weighted by Crippen LogP contribution is -1.92. The summed E-state index contributed by atoms with van der Waals surface area (Å²) in [7, 11) is 1.68. The highest BCUT2D eigenvalue weighted by Crippen LogP contribution is 2.30. The molecule has 66 valence electrons. The van der Waals surface area contributed by atoms with Crippen LogP contribution >= 0.6 is 23.2 Å². The Morgan fingerprint density at radius 2 is 2.42 bits per heavy atom. The fourth-order valence-corrected chi connectivity index (χ4v) is 1.08. The molecule has 0 amide bonds. The van der Waals surface area contributed by atoms with Crippen molar-refractivity contribution in [3.05, 3.63) is 11.9 Å². The number of halogens is 2. The van der Waals surface area contributed by atoms with Crippen LogP contribution in [0.5, 0.6) is 5.75 Å². The summed E-state index contributed by atoms with van der Waals surface area (Å²) in [6.45, 7) is 0.302. The van der Waals surface area contributed by atoms with E-state index in [4.69, 9.17) is 23.2 Å². The van der Waals surface area contributed by atoms with E-state index in [0.717, 1.165) is 0 Å². The molecule has 0 aliphatic carbocycles. The second kappa shape index (κ2) is 3.78. The topological polar surface area (TPSA) is 44.1 Å². The molecule has 0 saturated heterocycles. The minimum Gasteiger partial charge on any atom is -0.425 e. The van der Waals surface area contributed by atoms with Crippen molar-refractivity contribution in [2.75, 3.05) is 0 Å². The molecule has 0 spiro atoms. The zero-order valence-corrected chi connectivity index (χ0v) is 7.71. The first-order valence-corrected chi connectivity index (χ1v) is 3.94. The summed E-state index contributed by atoms with van der Waals surface area (Å²) < 4.78 is 6.05. The van der Waals surface area contributed by atoms with E-state index in [2.05, 4.69) is 9.84 Å². The Bertz CT molecular complexity index is 285. The number of rotatable bonds is 3. The van der Waals surface area contributed by atoms with Gasteiger partial charge in [-0.3, -0.25) is 9.48 Å². The highest BCUT2D eigenvalue weighted by atomic mass is 35.5. The van der Waals surface area contributed by atoms with Gasteiger partial charge in [0.1, 0.15) is 5.69 Å². The van der Waals surface area contributed by atoms with Crippen LogP contribution < -0.4 is 4.74 Å². The maximum Gasteiger partial charge on any atom is 0.298 e. The van der Waals surface area contributed by atoms with Crippen LogP contribution in [0.1, 0.15) is 10.5 Å². The van der Waals surface area contributed by atoms with E-state index in [0.29, 0.717) is 12.2 Å². The monoisotopic (exact) mass is 208 g/mol. The van der Waals surface area contributed by atoms with Crippen LogP contribution in [0.2, 0.25) is 0 Å². The van der Waals surface area contributed by atoms with E-state index in [9.17, 15) is 4.79 Å². The summed E-state index contributed by atoms with van der Waals surface area (Å²) in [6, 6.07) is 0. The molecule has 1 aromatic heterocycles. The van der Waals surface area contributed by atoms with Crippen molar-refractivity contribution in [2.45, 2.75) is 4.84 Å². The zero-order chi connectivity index (χ0) is 9.14. The first-order chi connectivity index (χ1) is 5.65. The van der Waals surface area contributed by atoms with E-state index in [1.807, 2.05) is 0 Å². The van der Waals surface area contributed by atoms with E-state index < -0.39 is 4.84 Å². The molecule has 4 nitrogen and oxygen atoms in total. The van der Waals surface area contributed by atoms with E-state index in [-0.39, 0.29) is 5.75 Å². The average Bonchev–Trinajstić information content (AvgIpc) is 2.32. The molecule has 0 bridgehead atoms. The van der Waals surface area contributed by atoms with Gasteiger partial charge in [-0.2, -0.15) is 5.10 Å². The fourth-order valence-electron chi connectivity index (χ4n) is 0.778. The third-order valence-electron chi connectivity index (χ3n) is 1.20. The lowest BCUT2D eigenvalue weighted by atomic mass is 10.4. The molecule has 0 aromatic carbocycles. The summed E-state index contributed by atoms with van der Waals surface area (Å²) in [6.07, 6.45) is 1.52. The maximum absolute atomic E-state index is 10.0. The maximum atomic E-state index is 10.0. The molecule has 6 heteroatoms. The first-order valence-electron chi connectivity index (χ1n) is 3.07. The lowest BCUT2D eigenvalue weighted by molar-refractivity contribution is -0.120. The molecule has 0 unspecified atom stereocenters. The van der Waals surface area contributed by atoms with Gasteiger partial charge in [0.15, 0.2) is 10.6 Å². The van der Waals surface area contributed by atoms with Crippen molar-refractivity contribution in [1.29, 1.82) is 0 Å². The van der Waals surface area contributed by atoms with E-state index >= 15 is 0 Å². The third-order valence-corrected chi connectivity index (χ3v) is 1.62. The summed E-state index contributed by atoms with van der Waals surface area (Å²) in [4.78, 5) is 9.22. The molecule has 0 N–H and O–H groups in total. The normalized spacial score (nSPS) is 10.3. The van der Waals surface area contributed by atoms with E-state index in [1.165, 1.54) is 10.9 Å². The van der Waals surface area contributed by atoms with Gasteiger partial charge in [-0.25, -0.2) is 0 Å². The molecule has 12 heavy (non-hydrogen) atoms. The standard InChI is InChI=1S/C6H6Cl2N2O2/c1-10-2-4(12-3-11)5(9-10)6(7)8/h2-3,6H,1H3. The Hall–Kier alpha value is -0.740. The number of alkyl halides is 2. The van der Waals surface area contributed by atoms with Gasteiger partial charge in [-0.05, 0) is 0 Å². The number of aryl methyl sites for hydroxylation is 1. The molecule has 0 atom stereocenters. The van der Waals surface area contributed by atoms with Gasteiger partial charge in [0.25, 0.3) is 6.47 Å². The summed E-state index contributed by atoms with van der Waals surface area (Å²) >= 11 is 11.1. The van der Waals surface area contributed by atoms with Crippen molar-refractivity contribution in [1.82, 2.24) is 9.78 Å². The second-order valence-corrected chi connectivity index (χ2v) is 3.16. The molecular weight excluding hydrogens is 203 g/mol. The molecular formula is C6H6Cl2N2O2. The Kier molecular flexibility index (Phi) is 2.94. The molecule has 1 rings (SSSR count).